The summed E-state index contributed by atoms with van der Waals surface area (Å²) in [5, 5.41) is 6.90. The quantitative estimate of drug-likeness (QED) is 0.0232. The minimum absolute atomic E-state index is 0.0115. The van der Waals surface area contributed by atoms with Crippen molar-refractivity contribution < 1.29 is 83.6 Å². The maximum atomic E-state index is 15.1. The lowest BCUT2D eigenvalue weighted by Gasteiger charge is -2.30. The van der Waals surface area contributed by atoms with E-state index in [9.17, 15) is 40.8 Å². The van der Waals surface area contributed by atoms with Gasteiger partial charge in [0.25, 0.3) is 0 Å². The molecule has 26 nitrogen and oxygen atoms in total. The van der Waals surface area contributed by atoms with Crippen LogP contribution in [0.1, 0.15) is 260 Å². The average Bonchev–Trinajstić information content (AvgIpc) is 1.58. The van der Waals surface area contributed by atoms with Gasteiger partial charge in [-0.2, -0.15) is 0 Å². The number of aromatic nitrogens is 4. The summed E-state index contributed by atoms with van der Waals surface area (Å²) in [5.41, 5.74) is 1.87. The number of amides is 4. The van der Waals surface area contributed by atoms with E-state index in [1.165, 1.54) is 27.6 Å². The molecule has 684 valence electrons. The van der Waals surface area contributed by atoms with Crippen molar-refractivity contribution in [1.29, 1.82) is 0 Å². The maximum absolute atomic E-state index is 15.1. The number of ether oxygens (including phenoxy) is 6. The molecule has 7 heterocycles. The van der Waals surface area contributed by atoms with Gasteiger partial charge in [-0.15, -0.1) is 35.8 Å². The molecule has 0 spiro atoms. The number of sulfonamides is 2. The molecule has 0 bridgehead atoms. The number of methoxy groups -OCH3 is 2. The Bertz CT molecular complexity index is 5440. The number of carbonyl (C=O) groups excluding carboxylic acids is 8. The van der Waals surface area contributed by atoms with E-state index >= 15 is 14.4 Å². The van der Waals surface area contributed by atoms with Crippen molar-refractivity contribution in [2.75, 3.05) is 27.3 Å². The van der Waals surface area contributed by atoms with Crippen LogP contribution in [0.5, 0.6) is 23.0 Å². The first-order chi connectivity index (χ1) is 59.2. The number of hydrogen-bond donors (Lipinski definition) is 2. The highest BCUT2D eigenvalue weighted by molar-refractivity contribution is 7.92. The van der Waals surface area contributed by atoms with Crippen LogP contribution in [-0.4, -0.2) is 166 Å². The molecule has 2 aromatic carbocycles. The van der Waals surface area contributed by atoms with Crippen LogP contribution < -0.4 is 28.4 Å². The number of ketones is 2. The topological polar surface area (TPSA) is 342 Å². The van der Waals surface area contributed by atoms with Crippen LogP contribution in [0.4, 0.5) is 0 Å². The molecule has 30 heteroatoms. The fourth-order valence-corrected chi connectivity index (χ4v) is 22.4. The number of carbonyl (C=O) groups is 8. The van der Waals surface area contributed by atoms with E-state index in [1.807, 2.05) is 93.1 Å². The van der Waals surface area contributed by atoms with Gasteiger partial charge in [0.2, 0.25) is 43.7 Å². The SMILES string of the molecule is C=CCCCCC[C@H](CC(=O)OC(C)(C)C)C(=O)N1C[C@H](Oc2cc(-c3nc(C(C)C)cs3)nc3c(C)c(OC)ccc23)[C@H](C)[C@H]1C(=O)C[C@]1(C(=O)NS(=O)(=O)C2(C)CC2)C[C@H]1C=C.COc1ccc2c(O[C@H]3CN4C(=O)[C@@H](CC(=O)OC(C)(C)C)CCCCC/C=C\[C@@H]5C[C@@]5(C(=O)NS(=O)(=O)C5(C)CC5)CC(=O)[C@@H]4[C@H]3C)cc(-c3nc(C(C)C)cs3)nc2c1C. The van der Waals surface area contributed by atoms with Gasteiger partial charge < -0.3 is 38.2 Å². The first kappa shape index (κ1) is 96.1. The molecule has 4 aliphatic carbocycles. The Morgan fingerprint density at radius 2 is 1.20 bits per heavy atom. The van der Waals surface area contributed by atoms with Gasteiger partial charge in [-0.05, 0) is 194 Å². The molecular formula is C96H128N8O18S4. The number of hydrogen-bond acceptors (Lipinski definition) is 24. The molecule has 0 radical (unpaired) electrons. The average molecular weight is 1810 g/mol. The van der Waals surface area contributed by atoms with Crippen molar-refractivity contribution in [3.8, 4) is 44.4 Å². The number of benzene rings is 2. The first-order valence-electron chi connectivity index (χ1n) is 44.6. The summed E-state index contributed by atoms with van der Waals surface area (Å²) < 4.78 is 92.6. The van der Waals surface area contributed by atoms with Crippen molar-refractivity contribution >= 4 is 112 Å². The number of Topliss-reactive ketones (excluding diaryl/α,β-unsaturated/α-hetero) is 2. The number of unbranched alkanes of at least 4 members (excludes halogenated alkanes) is 3. The van der Waals surface area contributed by atoms with Crippen LogP contribution in [0.25, 0.3) is 43.2 Å². The number of allylic oxidation sites excluding steroid dienone is 4. The second-order valence-electron chi connectivity index (χ2n) is 39.1. The fourth-order valence-electron chi connectivity index (χ4n) is 17.8. The zero-order chi connectivity index (χ0) is 91.9. The minimum Gasteiger partial charge on any atom is -0.496 e. The summed E-state index contributed by atoms with van der Waals surface area (Å²) in [6.07, 6.45) is 14.5. The third kappa shape index (κ3) is 21.1. The highest BCUT2D eigenvalue weighted by Gasteiger charge is 2.65. The van der Waals surface area contributed by atoms with Crippen molar-refractivity contribution in [1.82, 2.24) is 39.2 Å². The summed E-state index contributed by atoms with van der Waals surface area (Å²) >= 11 is 2.97. The first-order valence-corrected chi connectivity index (χ1v) is 49.3. The Labute approximate surface area is 750 Å². The van der Waals surface area contributed by atoms with Gasteiger partial charge in [0.1, 0.15) is 67.8 Å². The molecular weight excluding hydrogens is 1680 g/mol. The Hall–Kier alpha value is -9.00. The third-order valence-corrected chi connectivity index (χ3v) is 32.6. The second-order valence-corrected chi connectivity index (χ2v) is 45.3. The Kier molecular flexibility index (Phi) is 29.0. The zero-order valence-electron chi connectivity index (χ0n) is 76.5. The molecule has 6 aromatic rings. The minimum atomic E-state index is -3.99. The van der Waals surface area contributed by atoms with Crippen LogP contribution in [0.15, 0.2) is 84.6 Å². The predicted octanol–water partition coefficient (Wildman–Crippen LogP) is 17.3. The fraction of sp³-hybridized carbons (Fsp3) is 0.604. The lowest BCUT2D eigenvalue weighted by Crippen LogP contribution is -2.48. The molecule has 4 aromatic heterocycles. The van der Waals surface area contributed by atoms with Crippen molar-refractivity contribution in [2.45, 2.75) is 296 Å². The number of thiazole rings is 2. The Balaban J connectivity index is 0.000000229. The molecule has 6 fully saturated rings. The zero-order valence-corrected chi connectivity index (χ0v) is 79.8. The lowest BCUT2D eigenvalue weighted by atomic mass is 9.87. The van der Waals surface area contributed by atoms with E-state index in [1.54, 1.807) is 80.6 Å². The number of nitrogens with zero attached hydrogens (tertiary/aromatic N) is 6. The number of aryl methyl sites for hydroxylation is 2. The van der Waals surface area contributed by atoms with Crippen LogP contribution in [0.3, 0.4) is 0 Å². The number of esters is 2. The molecule has 13 rings (SSSR count). The van der Waals surface area contributed by atoms with E-state index in [0.29, 0.717) is 114 Å². The van der Waals surface area contributed by atoms with Gasteiger partial charge in [-0.25, -0.2) is 36.8 Å². The summed E-state index contributed by atoms with van der Waals surface area (Å²) in [6.45, 7) is 37.6. The van der Waals surface area contributed by atoms with E-state index in [4.69, 9.17) is 48.4 Å². The number of pyridine rings is 2. The summed E-state index contributed by atoms with van der Waals surface area (Å²) in [5.74, 6) is -4.67. The standard InChI is InChI=1S/C49H66N4O9S2.C47H62N4O9S2/c1-12-14-15-16-17-18-32(23-41(55)62-47(7,8)9)45(56)53-27-40(31(6)43(53)37(54)26-49(25-33(49)13-2)46(57)52-64(58,59)48(10)21-22-48)61-39-24-35(44-51-36(28-63-44)29(3)4)50-42-30(5)38(60-11)20-19-34(39)42;1-27(2)34-26-61-42(49-34)33-22-37(32-17-18-36(58-9)28(3)40(32)48-33)59-38-25-51-41(29(38)4)35(52)24-47(44(55)50-62(56,57)46(8)19-20-46)23-31(47)16-14-12-10-11-13-15-30(43(51)54)21-39(53)60-45(5,6)7/h12-13,19-20,24,28-29,31-33,40,43H,1-2,14-18,21-23,25-27H2,3-11H3,(H,52,57);14,16-18,22,26-27,29-31,38,41H,10-13,15,19-21,23-25H2,1-9H3,(H,50,55)/b;16-14-/t31-,32+,33+,40-,43-,49+;29-,30+,31+,38-,41-,47+/m00/s1. The lowest BCUT2D eigenvalue weighted by molar-refractivity contribution is -0.159. The number of nitrogens with one attached hydrogen (secondary N) is 2. The van der Waals surface area contributed by atoms with E-state index in [0.717, 1.165) is 71.4 Å². The number of fused-ring (bicyclic) bond motifs is 4. The molecule has 126 heavy (non-hydrogen) atoms. The van der Waals surface area contributed by atoms with Gasteiger partial charge in [0.05, 0.1) is 95.0 Å². The van der Waals surface area contributed by atoms with Gasteiger partial charge in [0, 0.05) is 81.3 Å². The van der Waals surface area contributed by atoms with E-state index in [2.05, 4.69) is 50.3 Å². The Morgan fingerprint density at radius 3 is 1.69 bits per heavy atom. The highest BCUT2D eigenvalue weighted by atomic mass is 32.2. The van der Waals surface area contributed by atoms with Gasteiger partial charge >= 0.3 is 11.9 Å². The smallest absolute Gasteiger partial charge is 0.307 e. The van der Waals surface area contributed by atoms with Crippen LogP contribution >= 0.6 is 22.7 Å². The van der Waals surface area contributed by atoms with Crippen molar-refractivity contribution in [2.24, 2.45) is 46.3 Å². The number of rotatable bonds is 31. The largest absolute Gasteiger partial charge is 0.496 e. The second kappa shape index (κ2) is 38.0. The maximum Gasteiger partial charge on any atom is 0.307 e. The monoisotopic (exact) mass is 1810 g/mol. The molecule has 2 saturated heterocycles. The molecule has 4 amide bonds. The molecule has 3 aliphatic heterocycles. The van der Waals surface area contributed by atoms with Crippen molar-refractivity contribution in [3.63, 3.8) is 0 Å². The van der Waals surface area contributed by atoms with Gasteiger partial charge in [-0.3, -0.25) is 47.8 Å². The summed E-state index contributed by atoms with van der Waals surface area (Å²) in [7, 11) is -4.76. The van der Waals surface area contributed by atoms with Crippen LogP contribution in [0, 0.1) is 60.2 Å². The van der Waals surface area contributed by atoms with Crippen molar-refractivity contribution in [3.05, 3.63) is 107 Å². The van der Waals surface area contributed by atoms with Gasteiger partial charge in [0.15, 0.2) is 11.6 Å². The van der Waals surface area contributed by atoms with E-state index in [-0.39, 0.29) is 80.5 Å². The summed E-state index contributed by atoms with van der Waals surface area (Å²) in [4.78, 5) is 138. The van der Waals surface area contributed by atoms with Crippen LogP contribution in [-0.2, 0) is 67.9 Å². The molecule has 0 unspecified atom stereocenters. The highest BCUT2D eigenvalue weighted by Crippen LogP contribution is 2.60. The third-order valence-electron chi connectivity index (χ3n) is 26.5. The Morgan fingerprint density at radius 1 is 0.667 bits per heavy atom. The molecule has 12 atom stereocenters. The predicted molar refractivity (Wildman–Crippen MR) is 488 cm³/mol. The molecule has 2 N–H and O–H groups in total. The number of likely N-dealkylation sites (tertiary alicyclic amines) is 1. The normalized spacial score (nSPS) is 25.1. The van der Waals surface area contributed by atoms with E-state index < -0.39 is 135 Å². The molecule has 7 aliphatic rings. The van der Waals surface area contributed by atoms with Crippen LogP contribution in [0.2, 0.25) is 0 Å². The van der Waals surface area contributed by atoms with Gasteiger partial charge in [-0.1, -0.05) is 91.5 Å². The summed E-state index contributed by atoms with van der Waals surface area (Å²) in [6, 6.07) is 9.10. The molecule has 4 saturated carbocycles.